The van der Waals surface area contributed by atoms with Crippen LogP contribution in [0.5, 0.6) is 0 Å². The van der Waals surface area contributed by atoms with Crippen molar-refractivity contribution in [2.75, 3.05) is 6.61 Å². The minimum atomic E-state index is -1.41. The monoisotopic (exact) mass is 426 g/mol. The van der Waals surface area contributed by atoms with Gasteiger partial charge in [0.05, 0.1) is 15.6 Å². The van der Waals surface area contributed by atoms with Crippen molar-refractivity contribution in [3.8, 4) is 0 Å². The first kappa shape index (κ1) is 16.6. The number of hydrogen-bond donors (Lipinski definition) is 4. The number of hydrogen-bond acceptors (Lipinski definition) is 6. The van der Waals surface area contributed by atoms with Crippen LogP contribution in [0.15, 0.2) is 19.2 Å². The molecular weight excluding hydrogens is 416 g/mol. The van der Waals surface area contributed by atoms with E-state index in [0.29, 0.717) is 3.39 Å². The van der Waals surface area contributed by atoms with Crippen molar-refractivity contribution >= 4 is 37.9 Å². The van der Waals surface area contributed by atoms with Gasteiger partial charge >= 0.3 is 5.69 Å². The van der Waals surface area contributed by atoms with Crippen LogP contribution >= 0.6 is 31.9 Å². The number of aromatic amines is 1. The number of nitrogens with zero attached hydrogens (tertiary/aromatic N) is 1. The van der Waals surface area contributed by atoms with Gasteiger partial charge in [-0.05, 0) is 37.9 Å². The second-order valence-corrected chi connectivity index (χ2v) is 7.19. The van der Waals surface area contributed by atoms with Crippen LogP contribution in [0.4, 0.5) is 0 Å². The molecule has 0 aromatic carbocycles. The van der Waals surface area contributed by atoms with Gasteiger partial charge in [-0.2, -0.15) is 0 Å². The van der Waals surface area contributed by atoms with Crippen molar-refractivity contribution in [1.82, 2.24) is 9.55 Å². The van der Waals surface area contributed by atoms with Crippen LogP contribution in [-0.2, 0) is 4.74 Å². The Bertz CT molecular complexity index is 665. The summed E-state index contributed by atoms with van der Waals surface area (Å²) in [7, 11) is 0. The summed E-state index contributed by atoms with van der Waals surface area (Å²) in [6.45, 7) is -0.507. The molecule has 1 saturated heterocycles. The van der Waals surface area contributed by atoms with Crippen molar-refractivity contribution in [2.45, 2.75) is 24.5 Å². The van der Waals surface area contributed by atoms with E-state index in [1.165, 1.54) is 12.3 Å². The molecule has 1 aromatic heterocycles. The average Bonchev–Trinajstić information content (AvgIpc) is 2.69. The van der Waals surface area contributed by atoms with Gasteiger partial charge in [0, 0.05) is 6.20 Å². The molecule has 2 rings (SSSR count). The summed E-state index contributed by atoms with van der Waals surface area (Å²) in [5.41, 5.74) is -1.27. The molecule has 0 saturated carbocycles. The fraction of sp³-hybridized carbons (Fsp3) is 0.455. The highest BCUT2D eigenvalue weighted by Crippen LogP contribution is 2.28. The SMILES string of the molecule is O=c1[nH]c(=O)n([C@@H]2O[C@H](CO)[C@@H](O)[C@@H]2O)cc1C=C(Br)Br. The van der Waals surface area contributed by atoms with E-state index in [2.05, 4.69) is 36.8 Å². The van der Waals surface area contributed by atoms with Gasteiger partial charge in [-0.1, -0.05) is 0 Å². The highest BCUT2D eigenvalue weighted by atomic mass is 79.9. The Hall–Kier alpha value is -0.780. The minimum Gasteiger partial charge on any atom is -0.394 e. The Kier molecular flexibility index (Phi) is 5.17. The molecule has 1 aliphatic rings. The first-order valence-electron chi connectivity index (χ1n) is 5.85. The second kappa shape index (κ2) is 6.55. The van der Waals surface area contributed by atoms with E-state index in [4.69, 9.17) is 9.84 Å². The third kappa shape index (κ3) is 3.35. The number of halogens is 2. The molecule has 10 heteroatoms. The maximum absolute atomic E-state index is 11.8. The lowest BCUT2D eigenvalue weighted by Gasteiger charge is -2.17. The van der Waals surface area contributed by atoms with Crippen LogP contribution in [0.2, 0.25) is 0 Å². The predicted molar refractivity (Wildman–Crippen MR) is 80.2 cm³/mol. The van der Waals surface area contributed by atoms with E-state index in [1.807, 2.05) is 0 Å². The zero-order chi connectivity index (χ0) is 15.7. The van der Waals surface area contributed by atoms with Gasteiger partial charge in [-0.15, -0.1) is 0 Å². The molecule has 8 nitrogen and oxygen atoms in total. The van der Waals surface area contributed by atoms with Crippen LogP contribution in [0.1, 0.15) is 11.8 Å². The Morgan fingerprint density at radius 1 is 1.38 bits per heavy atom. The molecule has 0 radical (unpaired) electrons. The van der Waals surface area contributed by atoms with Crippen LogP contribution in [-0.4, -0.2) is 49.8 Å². The molecule has 0 amide bonds. The van der Waals surface area contributed by atoms with Gasteiger partial charge in [0.2, 0.25) is 0 Å². The fourth-order valence-electron chi connectivity index (χ4n) is 2.02. The molecule has 1 aromatic rings. The first-order valence-corrected chi connectivity index (χ1v) is 7.44. The number of aliphatic hydroxyl groups is 3. The van der Waals surface area contributed by atoms with Crippen molar-refractivity contribution in [1.29, 1.82) is 0 Å². The first-order chi connectivity index (χ1) is 9.85. The summed E-state index contributed by atoms with van der Waals surface area (Å²) in [5, 5.41) is 28.6. The van der Waals surface area contributed by atoms with E-state index in [-0.39, 0.29) is 5.56 Å². The van der Waals surface area contributed by atoms with E-state index in [9.17, 15) is 19.8 Å². The van der Waals surface area contributed by atoms with Crippen LogP contribution in [0.25, 0.3) is 6.08 Å². The zero-order valence-electron chi connectivity index (χ0n) is 10.4. The highest BCUT2D eigenvalue weighted by molar-refractivity contribution is 9.28. The van der Waals surface area contributed by atoms with Gasteiger partial charge in [0.1, 0.15) is 18.3 Å². The summed E-state index contributed by atoms with van der Waals surface area (Å²) in [4.78, 5) is 25.6. The molecule has 1 fully saturated rings. The Labute approximate surface area is 134 Å². The number of nitrogens with one attached hydrogen (secondary N) is 1. The molecular formula is C11H12Br2N2O6. The maximum atomic E-state index is 11.8. The molecule has 2 heterocycles. The van der Waals surface area contributed by atoms with Crippen LogP contribution in [0, 0.1) is 0 Å². The third-order valence-corrected chi connectivity index (χ3v) is 3.51. The average molecular weight is 428 g/mol. The van der Waals surface area contributed by atoms with Gasteiger partial charge in [0.25, 0.3) is 5.56 Å². The number of rotatable bonds is 3. The molecule has 116 valence electrons. The topological polar surface area (TPSA) is 125 Å². The van der Waals surface area contributed by atoms with E-state index in [1.54, 1.807) is 0 Å². The summed E-state index contributed by atoms with van der Waals surface area (Å²) in [6, 6.07) is 0. The number of H-pyrrole nitrogens is 1. The van der Waals surface area contributed by atoms with Crippen LogP contribution in [0.3, 0.4) is 0 Å². The molecule has 1 aliphatic heterocycles. The fourth-order valence-corrected chi connectivity index (χ4v) is 2.51. The van der Waals surface area contributed by atoms with Crippen molar-refractivity contribution < 1.29 is 20.1 Å². The van der Waals surface area contributed by atoms with Crippen LogP contribution < -0.4 is 11.2 Å². The molecule has 0 bridgehead atoms. The minimum absolute atomic E-state index is 0.135. The molecule has 4 atom stereocenters. The molecule has 21 heavy (non-hydrogen) atoms. The lowest BCUT2D eigenvalue weighted by Crippen LogP contribution is -2.38. The van der Waals surface area contributed by atoms with Gasteiger partial charge in [0.15, 0.2) is 6.23 Å². The van der Waals surface area contributed by atoms with E-state index >= 15 is 0 Å². The van der Waals surface area contributed by atoms with Crippen molar-refractivity contribution in [3.63, 3.8) is 0 Å². The largest absolute Gasteiger partial charge is 0.394 e. The van der Waals surface area contributed by atoms with E-state index < -0.39 is 42.4 Å². The Morgan fingerprint density at radius 2 is 2.05 bits per heavy atom. The normalized spacial score (nSPS) is 28.6. The Morgan fingerprint density at radius 3 is 2.57 bits per heavy atom. The predicted octanol–water partition coefficient (Wildman–Crippen LogP) is -0.764. The van der Waals surface area contributed by atoms with Crippen molar-refractivity contribution in [2.24, 2.45) is 0 Å². The lowest BCUT2D eigenvalue weighted by atomic mass is 10.1. The van der Waals surface area contributed by atoms with Gasteiger partial charge in [-0.3, -0.25) is 14.3 Å². The smallest absolute Gasteiger partial charge is 0.330 e. The lowest BCUT2D eigenvalue weighted by molar-refractivity contribution is -0.0550. The quantitative estimate of drug-likeness (QED) is 0.502. The standard InChI is InChI=1S/C11H12Br2N2O6/c12-6(13)1-4-2-15(11(20)14-9(4)19)10-8(18)7(17)5(3-16)21-10/h1-2,5,7-8,10,16-18H,3H2,(H,14,19,20)/t5-,7-,8+,10-/m1/s1. The molecule has 0 unspecified atom stereocenters. The summed E-state index contributed by atoms with van der Waals surface area (Å²) in [5.74, 6) is 0. The number of ether oxygens (including phenoxy) is 1. The van der Waals surface area contributed by atoms with E-state index in [0.717, 1.165) is 4.57 Å². The third-order valence-electron chi connectivity index (χ3n) is 3.05. The molecule has 4 N–H and O–H groups in total. The molecule has 0 aliphatic carbocycles. The highest BCUT2D eigenvalue weighted by Gasteiger charge is 2.43. The second-order valence-electron chi connectivity index (χ2n) is 4.41. The zero-order valence-corrected chi connectivity index (χ0v) is 13.6. The Balaban J connectivity index is 2.48. The molecule has 0 spiro atoms. The summed E-state index contributed by atoms with van der Waals surface area (Å²) >= 11 is 6.20. The van der Waals surface area contributed by atoms with Crippen molar-refractivity contribution in [3.05, 3.63) is 36.0 Å². The maximum Gasteiger partial charge on any atom is 0.330 e. The van der Waals surface area contributed by atoms with Gasteiger partial charge < -0.3 is 20.1 Å². The van der Waals surface area contributed by atoms with Gasteiger partial charge in [-0.25, -0.2) is 4.79 Å². The number of aliphatic hydroxyl groups excluding tert-OH is 3. The summed E-state index contributed by atoms with van der Waals surface area (Å²) in [6.07, 6.45) is -2.34. The number of aromatic nitrogens is 2. The summed E-state index contributed by atoms with van der Waals surface area (Å²) < 4.78 is 6.69.